The first-order valence-electron chi connectivity index (χ1n) is 7.04. The highest BCUT2D eigenvalue weighted by Gasteiger charge is 2.13. The monoisotopic (exact) mass is 347 g/mol. The third kappa shape index (κ3) is 4.14. The molecule has 0 fully saturated rings. The molecule has 0 saturated carbocycles. The number of benzene rings is 1. The molecule has 1 amide bonds. The highest BCUT2D eigenvalue weighted by atomic mass is 79.9. The van der Waals surface area contributed by atoms with Crippen LogP contribution in [0.25, 0.3) is 0 Å². The Morgan fingerprint density at radius 1 is 1.24 bits per heavy atom. The van der Waals surface area contributed by atoms with Gasteiger partial charge in [0.2, 0.25) is 6.54 Å². The van der Waals surface area contributed by atoms with E-state index >= 15 is 0 Å². The molecule has 0 spiro atoms. The molecular formula is C17H20BrN2O+. The van der Waals surface area contributed by atoms with Crippen molar-refractivity contribution < 1.29 is 9.36 Å². The van der Waals surface area contributed by atoms with Crippen LogP contribution in [0, 0.1) is 13.8 Å². The van der Waals surface area contributed by atoms with E-state index in [1.807, 2.05) is 42.8 Å². The normalized spacial score (nSPS) is 10.5. The minimum atomic E-state index is -0.0157. The Labute approximate surface area is 134 Å². The second kappa shape index (κ2) is 6.85. The number of carbonyl (C=O) groups is 1. The largest absolute Gasteiger partial charge is 0.321 e. The van der Waals surface area contributed by atoms with Gasteiger partial charge in [-0.15, -0.1) is 0 Å². The Kier molecular flexibility index (Phi) is 5.12. The van der Waals surface area contributed by atoms with Gasteiger partial charge in [-0.3, -0.25) is 4.79 Å². The lowest BCUT2D eigenvalue weighted by Crippen LogP contribution is -2.43. The molecule has 0 atom stereocenters. The molecule has 4 heteroatoms. The van der Waals surface area contributed by atoms with Gasteiger partial charge < -0.3 is 5.32 Å². The van der Waals surface area contributed by atoms with Crippen molar-refractivity contribution in [3.63, 3.8) is 0 Å². The van der Waals surface area contributed by atoms with E-state index in [0.29, 0.717) is 6.54 Å². The molecule has 1 aromatic carbocycles. The number of rotatable bonds is 4. The van der Waals surface area contributed by atoms with E-state index in [1.165, 1.54) is 5.56 Å². The Morgan fingerprint density at radius 2 is 2.00 bits per heavy atom. The zero-order valence-corrected chi connectivity index (χ0v) is 14.2. The molecule has 110 valence electrons. The molecule has 2 rings (SSSR count). The average molecular weight is 348 g/mol. The van der Waals surface area contributed by atoms with Gasteiger partial charge in [0.1, 0.15) is 0 Å². The van der Waals surface area contributed by atoms with Gasteiger partial charge >= 0.3 is 0 Å². The molecule has 0 aliphatic carbocycles. The minimum Gasteiger partial charge on any atom is -0.321 e. The van der Waals surface area contributed by atoms with Crippen molar-refractivity contribution in [2.24, 2.45) is 0 Å². The van der Waals surface area contributed by atoms with E-state index in [2.05, 4.69) is 40.3 Å². The molecule has 2 aromatic rings. The van der Waals surface area contributed by atoms with Crippen LogP contribution >= 0.6 is 15.9 Å². The molecule has 0 saturated heterocycles. The van der Waals surface area contributed by atoms with Crippen molar-refractivity contribution in [3.05, 3.63) is 57.8 Å². The average Bonchev–Trinajstić information content (AvgIpc) is 2.45. The number of nitrogens with one attached hydrogen (secondary N) is 1. The summed E-state index contributed by atoms with van der Waals surface area (Å²) < 4.78 is 3.03. The second-order valence-corrected chi connectivity index (χ2v) is 6.03. The van der Waals surface area contributed by atoms with Crippen LogP contribution in [-0.2, 0) is 17.8 Å². The molecule has 0 aliphatic heterocycles. The number of aryl methyl sites for hydroxylation is 3. The van der Waals surface area contributed by atoms with Crippen LogP contribution in [-0.4, -0.2) is 5.91 Å². The first-order chi connectivity index (χ1) is 9.99. The summed E-state index contributed by atoms with van der Waals surface area (Å²) in [4.78, 5) is 12.2. The lowest BCUT2D eigenvalue weighted by Gasteiger charge is -2.07. The summed E-state index contributed by atoms with van der Waals surface area (Å²) in [5.74, 6) is -0.0157. The van der Waals surface area contributed by atoms with Crippen LogP contribution in [0.15, 0.2) is 41.0 Å². The van der Waals surface area contributed by atoms with Crippen LogP contribution in [0.2, 0.25) is 0 Å². The molecule has 1 heterocycles. The molecule has 21 heavy (non-hydrogen) atoms. The second-order valence-electron chi connectivity index (χ2n) is 5.17. The van der Waals surface area contributed by atoms with Gasteiger partial charge in [0.05, 0.1) is 0 Å². The van der Waals surface area contributed by atoms with Crippen molar-refractivity contribution in [2.75, 3.05) is 5.32 Å². The van der Waals surface area contributed by atoms with Crippen molar-refractivity contribution in [3.8, 4) is 0 Å². The highest BCUT2D eigenvalue weighted by Crippen LogP contribution is 2.19. The fraction of sp³-hybridized carbons (Fsp3) is 0.294. The van der Waals surface area contributed by atoms with Crippen LogP contribution in [0.3, 0.4) is 0 Å². The molecule has 0 radical (unpaired) electrons. The predicted molar refractivity (Wildman–Crippen MR) is 88.3 cm³/mol. The molecule has 0 unspecified atom stereocenters. The molecule has 1 N–H and O–H groups in total. The molecule has 0 aliphatic rings. The minimum absolute atomic E-state index is 0.0157. The van der Waals surface area contributed by atoms with Crippen molar-refractivity contribution in [1.82, 2.24) is 0 Å². The van der Waals surface area contributed by atoms with Crippen LogP contribution in [0.5, 0.6) is 0 Å². The summed E-state index contributed by atoms with van der Waals surface area (Å²) in [5, 5.41) is 2.94. The SMILES string of the molecule is CCc1ccc(C)[n+](CC(=O)Nc2ccc(Br)c(C)c2)c1. The fourth-order valence-electron chi connectivity index (χ4n) is 2.13. The zero-order chi connectivity index (χ0) is 15.4. The summed E-state index contributed by atoms with van der Waals surface area (Å²) in [5.41, 5.74) is 4.23. The van der Waals surface area contributed by atoms with E-state index in [-0.39, 0.29) is 5.91 Å². The van der Waals surface area contributed by atoms with Crippen molar-refractivity contribution >= 4 is 27.5 Å². The van der Waals surface area contributed by atoms with Gasteiger partial charge in [-0.25, -0.2) is 0 Å². The standard InChI is InChI=1S/C17H19BrN2O/c1-4-14-6-5-13(3)20(10-14)11-17(21)19-15-7-8-16(18)12(2)9-15/h5-10H,4,11H2,1-3H3/p+1. The number of halogens is 1. The van der Waals surface area contributed by atoms with Gasteiger partial charge in [0, 0.05) is 28.7 Å². The van der Waals surface area contributed by atoms with Gasteiger partial charge in [-0.05, 0) is 43.2 Å². The number of hydrogen-bond donors (Lipinski definition) is 1. The molecule has 3 nitrogen and oxygen atoms in total. The maximum absolute atomic E-state index is 12.2. The number of hydrogen-bond acceptors (Lipinski definition) is 1. The summed E-state index contributed by atoms with van der Waals surface area (Å²) in [7, 11) is 0. The lowest BCUT2D eigenvalue weighted by atomic mass is 10.2. The number of nitrogens with zero attached hydrogens (tertiary/aromatic N) is 1. The van der Waals surface area contributed by atoms with Crippen LogP contribution in [0.1, 0.15) is 23.7 Å². The van der Waals surface area contributed by atoms with Crippen LogP contribution < -0.4 is 9.88 Å². The quantitative estimate of drug-likeness (QED) is 0.842. The predicted octanol–water partition coefficient (Wildman–Crippen LogP) is 3.55. The number of pyridine rings is 1. The molecular weight excluding hydrogens is 328 g/mol. The van der Waals surface area contributed by atoms with Gasteiger partial charge in [-0.2, -0.15) is 4.57 Å². The third-order valence-corrected chi connectivity index (χ3v) is 4.37. The smallest absolute Gasteiger partial charge is 0.290 e. The van der Waals surface area contributed by atoms with E-state index < -0.39 is 0 Å². The Balaban J connectivity index is 2.09. The topological polar surface area (TPSA) is 33.0 Å². The number of anilines is 1. The first-order valence-corrected chi connectivity index (χ1v) is 7.84. The van der Waals surface area contributed by atoms with Crippen molar-refractivity contribution in [1.29, 1.82) is 0 Å². The maximum atomic E-state index is 12.2. The summed E-state index contributed by atoms with van der Waals surface area (Å²) in [6, 6.07) is 9.95. The summed E-state index contributed by atoms with van der Waals surface area (Å²) in [6.07, 6.45) is 3.01. The third-order valence-electron chi connectivity index (χ3n) is 3.48. The van der Waals surface area contributed by atoms with Crippen LogP contribution in [0.4, 0.5) is 5.69 Å². The summed E-state index contributed by atoms with van der Waals surface area (Å²) in [6.45, 7) is 6.45. The van der Waals surface area contributed by atoms with E-state index in [9.17, 15) is 4.79 Å². The van der Waals surface area contributed by atoms with E-state index in [4.69, 9.17) is 0 Å². The Morgan fingerprint density at radius 3 is 2.67 bits per heavy atom. The lowest BCUT2D eigenvalue weighted by molar-refractivity contribution is -0.690. The van der Waals surface area contributed by atoms with E-state index in [0.717, 1.165) is 27.8 Å². The van der Waals surface area contributed by atoms with Gasteiger partial charge in [-0.1, -0.05) is 22.9 Å². The zero-order valence-electron chi connectivity index (χ0n) is 12.6. The molecule has 1 aromatic heterocycles. The Hall–Kier alpha value is -1.68. The first kappa shape index (κ1) is 15.7. The number of aromatic nitrogens is 1. The fourth-order valence-corrected chi connectivity index (χ4v) is 2.37. The maximum Gasteiger partial charge on any atom is 0.290 e. The van der Waals surface area contributed by atoms with Crippen molar-refractivity contribution in [2.45, 2.75) is 33.7 Å². The highest BCUT2D eigenvalue weighted by molar-refractivity contribution is 9.10. The number of amides is 1. The number of carbonyl (C=O) groups excluding carboxylic acids is 1. The van der Waals surface area contributed by atoms with E-state index in [1.54, 1.807) is 0 Å². The van der Waals surface area contributed by atoms with Gasteiger partial charge in [0.15, 0.2) is 11.9 Å². The molecule has 0 bridgehead atoms. The van der Waals surface area contributed by atoms with Gasteiger partial charge in [0.25, 0.3) is 5.91 Å². The Bertz CT molecular complexity index is 668. The summed E-state index contributed by atoms with van der Waals surface area (Å²) >= 11 is 3.46.